The van der Waals surface area contributed by atoms with Gasteiger partial charge in [-0.1, -0.05) is 0 Å². The lowest BCUT2D eigenvalue weighted by atomic mass is 10.1. The lowest BCUT2D eigenvalue weighted by Gasteiger charge is -2.12. The summed E-state index contributed by atoms with van der Waals surface area (Å²) in [6.45, 7) is 0.833. The van der Waals surface area contributed by atoms with Gasteiger partial charge in [0.25, 0.3) is 5.56 Å². The van der Waals surface area contributed by atoms with Gasteiger partial charge in [0, 0.05) is 29.6 Å². The summed E-state index contributed by atoms with van der Waals surface area (Å²) in [6.07, 6.45) is -2.22. The lowest BCUT2D eigenvalue weighted by molar-refractivity contribution is -0.138. The van der Waals surface area contributed by atoms with Crippen LogP contribution in [0, 0.1) is 0 Å². The average molecular weight is 384 g/mol. The van der Waals surface area contributed by atoms with Crippen LogP contribution in [0.1, 0.15) is 22.8 Å². The molecule has 1 amide bonds. The van der Waals surface area contributed by atoms with Crippen molar-refractivity contribution in [1.29, 1.82) is 0 Å². The normalized spacial score (nSPS) is 11.3. The number of nitrogens with one attached hydrogen (secondary N) is 1. The molecule has 1 aromatic heterocycles. The number of amides is 1. The van der Waals surface area contributed by atoms with Crippen molar-refractivity contribution in [3.8, 4) is 0 Å². The van der Waals surface area contributed by atoms with E-state index in [2.05, 4.69) is 5.32 Å². The van der Waals surface area contributed by atoms with Gasteiger partial charge in [-0.15, -0.1) is 11.8 Å². The molecule has 5 nitrogen and oxygen atoms in total. The van der Waals surface area contributed by atoms with Crippen LogP contribution in [0.5, 0.6) is 0 Å². The third-order valence-electron chi connectivity index (χ3n) is 3.46. The van der Waals surface area contributed by atoms with E-state index in [4.69, 9.17) is 0 Å². The summed E-state index contributed by atoms with van der Waals surface area (Å²) in [5.41, 5.74) is -0.951. The van der Waals surface area contributed by atoms with Gasteiger partial charge in [0.1, 0.15) is 0 Å². The van der Waals surface area contributed by atoms with E-state index in [0.29, 0.717) is 22.8 Å². The second kappa shape index (κ2) is 7.77. The molecule has 1 N–H and O–H groups in total. The highest BCUT2D eigenvalue weighted by atomic mass is 32.2. The highest BCUT2D eigenvalue weighted by molar-refractivity contribution is 7.98. The van der Waals surface area contributed by atoms with E-state index in [1.54, 1.807) is 6.26 Å². The molecule has 0 radical (unpaired) electrons. The molecule has 2 rings (SSSR count). The van der Waals surface area contributed by atoms with Crippen molar-refractivity contribution in [2.75, 3.05) is 11.6 Å². The highest BCUT2D eigenvalue weighted by Crippen LogP contribution is 2.29. The molecule has 0 aliphatic rings. The number of hydrogen-bond acceptors (Lipinski definition) is 4. The summed E-state index contributed by atoms with van der Waals surface area (Å²) in [5, 5.41) is 2.62. The fourth-order valence-corrected chi connectivity index (χ4v) is 2.81. The van der Waals surface area contributed by atoms with E-state index in [0.717, 1.165) is 10.6 Å². The lowest BCUT2D eigenvalue weighted by Crippen LogP contribution is -2.25. The predicted molar refractivity (Wildman–Crippen MR) is 92.6 cm³/mol. The number of ketones is 1. The van der Waals surface area contributed by atoms with Crippen LogP contribution in [0.4, 0.5) is 18.9 Å². The van der Waals surface area contributed by atoms with E-state index < -0.39 is 29.6 Å². The molecule has 26 heavy (non-hydrogen) atoms. The number of carbonyl (C=O) groups is 2. The maximum atomic E-state index is 12.8. The van der Waals surface area contributed by atoms with Gasteiger partial charge < -0.3 is 9.88 Å². The molecular formula is C17H15F3N2O3S. The van der Waals surface area contributed by atoms with Crippen molar-refractivity contribution < 1.29 is 22.8 Å². The van der Waals surface area contributed by atoms with Crippen molar-refractivity contribution in [1.82, 2.24) is 4.57 Å². The molecule has 138 valence electrons. The molecule has 0 atom stereocenters. The van der Waals surface area contributed by atoms with Gasteiger partial charge >= 0.3 is 6.18 Å². The number of benzene rings is 1. The Kier molecular flexibility index (Phi) is 5.91. The average Bonchev–Trinajstić information content (AvgIpc) is 2.55. The van der Waals surface area contributed by atoms with Gasteiger partial charge in [-0.2, -0.15) is 13.2 Å². The molecule has 0 saturated heterocycles. The first-order valence-corrected chi connectivity index (χ1v) is 8.61. The number of thioether (sulfide) groups is 1. The maximum Gasteiger partial charge on any atom is 0.417 e. The summed E-state index contributed by atoms with van der Waals surface area (Å²) < 4.78 is 39.0. The Hall–Kier alpha value is -2.55. The fraction of sp³-hybridized carbons (Fsp3) is 0.235. The molecule has 0 aliphatic heterocycles. The first-order chi connectivity index (χ1) is 12.1. The fourth-order valence-electron chi connectivity index (χ4n) is 2.23. The molecule has 0 aliphatic carbocycles. The quantitative estimate of drug-likeness (QED) is 0.634. The number of carbonyl (C=O) groups excluding carboxylic acids is 2. The summed E-state index contributed by atoms with van der Waals surface area (Å²) in [4.78, 5) is 35.9. The summed E-state index contributed by atoms with van der Waals surface area (Å²) in [5.74, 6) is -0.786. The molecule has 0 saturated carbocycles. The molecule has 0 unspecified atom stereocenters. The van der Waals surface area contributed by atoms with E-state index in [1.165, 1.54) is 36.9 Å². The van der Waals surface area contributed by atoms with Gasteiger partial charge in [-0.05, 0) is 30.5 Å². The zero-order valence-corrected chi connectivity index (χ0v) is 14.7. The molecular weight excluding hydrogens is 369 g/mol. The predicted octanol–water partition coefficient (Wildman–Crippen LogP) is 3.43. The molecule has 1 heterocycles. The Balaban J connectivity index is 2.30. The van der Waals surface area contributed by atoms with Crippen LogP contribution in [0.3, 0.4) is 0 Å². The van der Waals surface area contributed by atoms with Crippen molar-refractivity contribution in [3.63, 3.8) is 0 Å². The number of Topliss-reactive ketones (excluding diaryl/α,β-unsaturated/α-hetero) is 1. The standard InChI is InChI=1S/C17H15F3N2O3S/c1-10(23)21-13-5-3-11(7-15(13)26-2)14(24)9-22-8-12(17(18,19)20)4-6-16(22)25/h3-8H,9H2,1-2H3,(H,21,23). The number of pyridine rings is 1. The molecule has 2 aromatic rings. The Bertz CT molecular complexity index is 907. The SMILES string of the molecule is CSc1cc(C(=O)Cn2cc(C(F)(F)F)ccc2=O)ccc1NC(C)=O. The van der Waals surface area contributed by atoms with Crippen LogP contribution in [-0.4, -0.2) is 22.5 Å². The van der Waals surface area contributed by atoms with Gasteiger partial charge in [-0.25, -0.2) is 0 Å². The van der Waals surface area contributed by atoms with Crippen molar-refractivity contribution in [2.45, 2.75) is 24.5 Å². The molecule has 0 bridgehead atoms. The Labute approximate surface area is 151 Å². The summed E-state index contributed by atoms with van der Waals surface area (Å²) in [6, 6.07) is 5.97. The summed E-state index contributed by atoms with van der Waals surface area (Å²) >= 11 is 1.30. The second-order valence-corrected chi connectivity index (χ2v) is 6.25. The van der Waals surface area contributed by atoms with Crippen LogP contribution in [0.15, 0.2) is 46.2 Å². The third-order valence-corrected chi connectivity index (χ3v) is 4.24. The van der Waals surface area contributed by atoms with E-state index in [9.17, 15) is 27.6 Å². The highest BCUT2D eigenvalue weighted by Gasteiger charge is 2.31. The topological polar surface area (TPSA) is 68.2 Å². The van der Waals surface area contributed by atoms with Crippen molar-refractivity contribution in [3.05, 3.63) is 58.0 Å². The minimum absolute atomic E-state index is 0.229. The molecule has 9 heteroatoms. The minimum Gasteiger partial charge on any atom is -0.325 e. The second-order valence-electron chi connectivity index (χ2n) is 5.40. The zero-order valence-electron chi connectivity index (χ0n) is 13.9. The number of nitrogens with zero attached hydrogens (tertiary/aromatic N) is 1. The van der Waals surface area contributed by atoms with Crippen molar-refractivity contribution >= 4 is 29.1 Å². The largest absolute Gasteiger partial charge is 0.417 e. The Morgan fingerprint density at radius 1 is 1.19 bits per heavy atom. The minimum atomic E-state index is -4.61. The van der Waals surface area contributed by atoms with Crippen molar-refractivity contribution in [2.24, 2.45) is 0 Å². The Morgan fingerprint density at radius 2 is 1.88 bits per heavy atom. The van der Waals surface area contributed by atoms with Gasteiger partial charge in [0.05, 0.1) is 17.8 Å². The first-order valence-electron chi connectivity index (χ1n) is 7.38. The maximum absolute atomic E-state index is 12.8. The number of hydrogen-bond donors (Lipinski definition) is 1. The van der Waals surface area contributed by atoms with Crippen LogP contribution in [-0.2, 0) is 17.5 Å². The monoisotopic (exact) mass is 384 g/mol. The molecule has 1 aromatic carbocycles. The van der Waals surface area contributed by atoms with Crippen LogP contribution >= 0.6 is 11.8 Å². The smallest absolute Gasteiger partial charge is 0.325 e. The van der Waals surface area contributed by atoms with Crippen LogP contribution < -0.4 is 10.9 Å². The number of aromatic nitrogens is 1. The summed E-state index contributed by atoms with van der Waals surface area (Å²) in [7, 11) is 0. The number of anilines is 1. The van der Waals surface area contributed by atoms with E-state index >= 15 is 0 Å². The van der Waals surface area contributed by atoms with Gasteiger partial charge in [-0.3, -0.25) is 14.4 Å². The molecule has 0 spiro atoms. The number of alkyl halides is 3. The first kappa shape index (κ1) is 19.8. The molecule has 0 fully saturated rings. The Morgan fingerprint density at radius 3 is 2.46 bits per heavy atom. The van der Waals surface area contributed by atoms with Gasteiger partial charge in [0.2, 0.25) is 5.91 Å². The number of rotatable bonds is 5. The number of halogens is 3. The van der Waals surface area contributed by atoms with E-state index in [-0.39, 0.29) is 11.5 Å². The zero-order chi connectivity index (χ0) is 19.5. The van der Waals surface area contributed by atoms with Crippen LogP contribution in [0.2, 0.25) is 0 Å². The van der Waals surface area contributed by atoms with E-state index in [1.807, 2.05) is 0 Å². The van der Waals surface area contributed by atoms with Gasteiger partial charge in [0.15, 0.2) is 5.78 Å². The third kappa shape index (κ3) is 4.75. The van der Waals surface area contributed by atoms with Crippen LogP contribution in [0.25, 0.3) is 0 Å².